The first-order chi connectivity index (χ1) is 11.5. The predicted octanol–water partition coefficient (Wildman–Crippen LogP) is 3.86. The van der Waals surface area contributed by atoms with Gasteiger partial charge < -0.3 is 10.1 Å². The van der Waals surface area contributed by atoms with E-state index in [0.29, 0.717) is 22.5 Å². The standard InChI is InChI=1S/C17H13BrFN3O2/c1-10-2-4-12(19)7-15(10)22-16(23)8-24-17-13-6-11(18)3-5-14(13)20-9-21-17/h2-7,9H,8H2,1H3,(H,22,23). The van der Waals surface area contributed by atoms with Crippen LogP contribution in [0.1, 0.15) is 5.56 Å². The molecule has 1 heterocycles. The van der Waals surface area contributed by atoms with E-state index in [-0.39, 0.29) is 6.61 Å². The van der Waals surface area contributed by atoms with Gasteiger partial charge in [-0.05, 0) is 42.8 Å². The lowest BCUT2D eigenvalue weighted by Crippen LogP contribution is -2.21. The van der Waals surface area contributed by atoms with Crippen LogP contribution in [0.3, 0.4) is 0 Å². The van der Waals surface area contributed by atoms with Crippen molar-refractivity contribution in [3.05, 3.63) is 58.6 Å². The molecule has 1 N–H and O–H groups in total. The number of aryl methyl sites for hydroxylation is 1. The summed E-state index contributed by atoms with van der Waals surface area (Å²) in [6, 6.07) is 9.71. The lowest BCUT2D eigenvalue weighted by atomic mass is 10.2. The molecule has 0 bridgehead atoms. The lowest BCUT2D eigenvalue weighted by molar-refractivity contribution is -0.118. The summed E-state index contributed by atoms with van der Waals surface area (Å²) in [7, 11) is 0. The van der Waals surface area contributed by atoms with Gasteiger partial charge in [-0.1, -0.05) is 22.0 Å². The second kappa shape index (κ2) is 6.92. The summed E-state index contributed by atoms with van der Waals surface area (Å²) in [5.74, 6) is -0.499. The van der Waals surface area contributed by atoms with Crippen LogP contribution in [0.15, 0.2) is 47.2 Å². The molecule has 3 rings (SSSR count). The third-order valence-electron chi connectivity index (χ3n) is 3.37. The topological polar surface area (TPSA) is 64.1 Å². The molecule has 7 heteroatoms. The Morgan fingerprint density at radius 2 is 2.08 bits per heavy atom. The Hall–Kier alpha value is -2.54. The Balaban J connectivity index is 1.73. The molecule has 0 fully saturated rings. The number of halogens is 2. The molecule has 122 valence electrons. The van der Waals surface area contributed by atoms with E-state index in [1.807, 2.05) is 18.2 Å². The lowest BCUT2D eigenvalue weighted by Gasteiger charge is -2.10. The van der Waals surface area contributed by atoms with E-state index < -0.39 is 11.7 Å². The molecule has 1 amide bonds. The van der Waals surface area contributed by atoms with Gasteiger partial charge in [0.15, 0.2) is 6.61 Å². The van der Waals surface area contributed by atoms with Gasteiger partial charge in [-0.15, -0.1) is 0 Å². The summed E-state index contributed by atoms with van der Waals surface area (Å²) < 4.78 is 19.6. The van der Waals surface area contributed by atoms with Crippen LogP contribution in [0.2, 0.25) is 0 Å². The van der Waals surface area contributed by atoms with Crippen LogP contribution in [-0.2, 0) is 4.79 Å². The fraction of sp³-hybridized carbons (Fsp3) is 0.118. The zero-order valence-electron chi connectivity index (χ0n) is 12.7. The molecule has 2 aromatic carbocycles. The number of carbonyl (C=O) groups is 1. The highest BCUT2D eigenvalue weighted by Gasteiger charge is 2.10. The van der Waals surface area contributed by atoms with Crippen molar-refractivity contribution in [3.63, 3.8) is 0 Å². The number of amides is 1. The van der Waals surface area contributed by atoms with Crippen LogP contribution >= 0.6 is 15.9 Å². The summed E-state index contributed by atoms with van der Waals surface area (Å²) in [4.78, 5) is 20.3. The monoisotopic (exact) mass is 389 g/mol. The maximum Gasteiger partial charge on any atom is 0.262 e. The van der Waals surface area contributed by atoms with Gasteiger partial charge in [0.2, 0.25) is 5.88 Å². The SMILES string of the molecule is Cc1ccc(F)cc1NC(=O)COc1ncnc2ccc(Br)cc12. The molecule has 0 unspecified atom stereocenters. The average molecular weight is 390 g/mol. The van der Waals surface area contributed by atoms with E-state index in [9.17, 15) is 9.18 Å². The van der Waals surface area contributed by atoms with Gasteiger partial charge in [-0.2, -0.15) is 0 Å². The minimum Gasteiger partial charge on any atom is -0.467 e. The Labute approximate surface area is 146 Å². The number of nitrogens with one attached hydrogen (secondary N) is 1. The van der Waals surface area contributed by atoms with Crippen LogP contribution in [0.25, 0.3) is 10.9 Å². The average Bonchev–Trinajstić information content (AvgIpc) is 2.56. The highest BCUT2D eigenvalue weighted by atomic mass is 79.9. The summed E-state index contributed by atoms with van der Waals surface area (Å²) in [6.07, 6.45) is 1.38. The van der Waals surface area contributed by atoms with Crippen molar-refractivity contribution in [2.45, 2.75) is 6.92 Å². The van der Waals surface area contributed by atoms with Crippen LogP contribution < -0.4 is 10.1 Å². The van der Waals surface area contributed by atoms with Crippen LogP contribution in [0.4, 0.5) is 10.1 Å². The van der Waals surface area contributed by atoms with E-state index in [2.05, 4.69) is 31.2 Å². The zero-order chi connectivity index (χ0) is 17.1. The van der Waals surface area contributed by atoms with Crippen molar-refractivity contribution < 1.29 is 13.9 Å². The molecule has 0 saturated heterocycles. The smallest absolute Gasteiger partial charge is 0.262 e. The van der Waals surface area contributed by atoms with Gasteiger partial charge in [-0.3, -0.25) is 4.79 Å². The van der Waals surface area contributed by atoms with Crippen molar-refractivity contribution in [2.75, 3.05) is 11.9 Å². The number of benzene rings is 2. The quantitative estimate of drug-likeness (QED) is 0.735. The van der Waals surface area contributed by atoms with Crippen molar-refractivity contribution >= 4 is 38.4 Å². The minimum absolute atomic E-state index is 0.241. The first kappa shape index (κ1) is 16.3. The highest BCUT2D eigenvalue weighted by molar-refractivity contribution is 9.10. The number of carbonyl (C=O) groups excluding carboxylic acids is 1. The second-order valence-corrected chi connectivity index (χ2v) is 6.05. The van der Waals surface area contributed by atoms with Gasteiger partial charge in [-0.25, -0.2) is 14.4 Å². The molecule has 0 atom stereocenters. The van der Waals surface area contributed by atoms with E-state index in [1.165, 1.54) is 18.5 Å². The van der Waals surface area contributed by atoms with Gasteiger partial charge in [0.1, 0.15) is 12.1 Å². The summed E-state index contributed by atoms with van der Waals surface area (Å²) in [6.45, 7) is 1.54. The van der Waals surface area contributed by atoms with Crippen LogP contribution in [0, 0.1) is 12.7 Å². The summed E-state index contributed by atoms with van der Waals surface area (Å²) in [5, 5.41) is 3.32. The van der Waals surface area contributed by atoms with E-state index in [1.54, 1.807) is 13.0 Å². The molecule has 3 aromatic rings. The van der Waals surface area contributed by atoms with Crippen molar-refractivity contribution in [2.24, 2.45) is 0 Å². The minimum atomic E-state index is -0.413. The maximum absolute atomic E-state index is 13.3. The van der Waals surface area contributed by atoms with Gasteiger partial charge in [0, 0.05) is 10.2 Å². The van der Waals surface area contributed by atoms with Crippen LogP contribution in [0.5, 0.6) is 5.88 Å². The number of nitrogens with zero attached hydrogens (tertiary/aromatic N) is 2. The molecule has 5 nitrogen and oxygen atoms in total. The van der Waals surface area contributed by atoms with Gasteiger partial charge in [0.25, 0.3) is 5.91 Å². The first-order valence-electron chi connectivity index (χ1n) is 7.12. The Morgan fingerprint density at radius 3 is 2.92 bits per heavy atom. The van der Waals surface area contributed by atoms with Gasteiger partial charge >= 0.3 is 0 Å². The normalized spacial score (nSPS) is 10.6. The molecule has 0 radical (unpaired) electrons. The molecule has 1 aromatic heterocycles. The van der Waals surface area contributed by atoms with Crippen molar-refractivity contribution in [1.82, 2.24) is 9.97 Å². The number of hydrogen-bond acceptors (Lipinski definition) is 4. The first-order valence-corrected chi connectivity index (χ1v) is 7.91. The van der Waals surface area contributed by atoms with Crippen molar-refractivity contribution in [3.8, 4) is 5.88 Å². The molecular formula is C17H13BrFN3O2. The number of hydrogen-bond donors (Lipinski definition) is 1. The number of rotatable bonds is 4. The van der Waals surface area contributed by atoms with Crippen molar-refractivity contribution in [1.29, 1.82) is 0 Å². The second-order valence-electron chi connectivity index (χ2n) is 5.14. The molecule has 0 saturated carbocycles. The van der Waals surface area contributed by atoms with E-state index in [4.69, 9.17) is 4.74 Å². The number of aromatic nitrogens is 2. The third kappa shape index (κ3) is 3.68. The molecule has 0 aliphatic heterocycles. The molecular weight excluding hydrogens is 377 g/mol. The Kier molecular flexibility index (Phi) is 4.71. The third-order valence-corrected chi connectivity index (χ3v) is 3.87. The Morgan fingerprint density at radius 1 is 1.25 bits per heavy atom. The molecule has 0 aliphatic rings. The number of ether oxygens (including phenoxy) is 1. The number of fused-ring (bicyclic) bond motifs is 1. The summed E-state index contributed by atoms with van der Waals surface area (Å²) >= 11 is 3.38. The predicted molar refractivity (Wildman–Crippen MR) is 92.5 cm³/mol. The fourth-order valence-electron chi connectivity index (χ4n) is 2.17. The van der Waals surface area contributed by atoms with Gasteiger partial charge in [0.05, 0.1) is 10.9 Å². The number of anilines is 1. The zero-order valence-corrected chi connectivity index (χ0v) is 14.3. The van der Waals surface area contributed by atoms with E-state index in [0.717, 1.165) is 10.0 Å². The fourth-order valence-corrected chi connectivity index (χ4v) is 2.53. The maximum atomic E-state index is 13.3. The Bertz CT molecular complexity index is 917. The van der Waals surface area contributed by atoms with E-state index >= 15 is 0 Å². The largest absolute Gasteiger partial charge is 0.467 e. The van der Waals surface area contributed by atoms with Crippen LogP contribution in [-0.4, -0.2) is 22.5 Å². The summed E-state index contributed by atoms with van der Waals surface area (Å²) in [5.41, 5.74) is 1.89. The molecule has 24 heavy (non-hydrogen) atoms. The molecule has 0 spiro atoms. The highest BCUT2D eigenvalue weighted by Crippen LogP contribution is 2.25. The molecule has 0 aliphatic carbocycles.